The molecule has 1 atom stereocenters. The molecule has 0 radical (unpaired) electrons. The van der Waals surface area contributed by atoms with Crippen molar-refractivity contribution in [1.29, 1.82) is 0 Å². The quantitative estimate of drug-likeness (QED) is 0.694. The first-order valence-corrected chi connectivity index (χ1v) is 7.89. The molecule has 104 valence electrons. The molecule has 0 bridgehead atoms. The molecule has 1 heterocycles. The zero-order valence-corrected chi connectivity index (χ0v) is 13.8. The summed E-state index contributed by atoms with van der Waals surface area (Å²) >= 11 is 3.89. The van der Waals surface area contributed by atoms with Crippen molar-refractivity contribution in [2.45, 2.75) is 38.8 Å². The molecule has 0 N–H and O–H groups in total. The second-order valence-corrected chi connectivity index (χ2v) is 6.61. The third kappa shape index (κ3) is 2.43. The molecule has 20 heavy (non-hydrogen) atoms. The second kappa shape index (κ2) is 5.34. The Labute approximate surface area is 129 Å². The summed E-state index contributed by atoms with van der Waals surface area (Å²) in [5.74, 6) is 0. The summed E-state index contributed by atoms with van der Waals surface area (Å²) in [6.07, 6.45) is 0. The Hall–Kier alpha value is -1.12. The number of fused-ring (bicyclic) bond motifs is 1. The van der Waals surface area contributed by atoms with Gasteiger partial charge in [0.05, 0.1) is 18.0 Å². The van der Waals surface area contributed by atoms with Crippen molar-refractivity contribution < 1.29 is 4.74 Å². The number of hydrogen-bond acceptors (Lipinski definition) is 1. The van der Waals surface area contributed by atoms with Gasteiger partial charge in [-0.25, -0.2) is 0 Å². The van der Waals surface area contributed by atoms with E-state index < -0.39 is 0 Å². The highest BCUT2D eigenvalue weighted by molar-refractivity contribution is 9.09. The maximum absolute atomic E-state index is 5.50. The van der Waals surface area contributed by atoms with Gasteiger partial charge in [-0.05, 0) is 54.2 Å². The number of benzene rings is 2. The predicted molar refractivity (Wildman–Crippen MR) is 86.4 cm³/mol. The van der Waals surface area contributed by atoms with Gasteiger partial charge >= 0.3 is 0 Å². The Morgan fingerprint density at radius 2 is 1.60 bits per heavy atom. The van der Waals surface area contributed by atoms with E-state index >= 15 is 0 Å². The fourth-order valence-electron chi connectivity index (χ4n) is 3.11. The van der Waals surface area contributed by atoms with E-state index in [1.807, 2.05) is 0 Å². The van der Waals surface area contributed by atoms with Gasteiger partial charge in [-0.3, -0.25) is 0 Å². The van der Waals surface area contributed by atoms with Crippen LogP contribution in [0, 0.1) is 20.8 Å². The minimum absolute atomic E-state index is 0.244. The van der Waals surface area contributed by atoms with Crippen LogP contribution in [-0.2, 0) is 18.0 Å². The van der Waals surface area contributed by atoms with Crippen LogP contribution in [0.15, 0.2) is 30.3 Å². The van der Waals surface area contributed by atoms with Crippen LogP contribution in [0.5, 0.6) is 0 Å². The van der Waals surface area contributed by atoms with Crippen LogP contribution in [0.3, 0.4) is 0 Å². The van der Waals surface area contributed by atoms with E-state index in [4.69, 9.17) is 4.74 Å². The second-order valence-electron chi connectivity index (χ2n) is 5.70. The van der Waals surface area contributed by atoms with Gasteiger partial charge in [0.1, 0.15) is 0 Å². The molecule has 1 nitrogen and oxygen atoms in total. The first-order valence-electron chi connectivity index (χ1n) is 6.97. The summed E-state index contributed by atoms with van der Waals surface area (Å²) in [7, 11) is 0. The molecule has 2 aromatic carbocycles. The standard InChI is InChI=1S/C18H19BrO/c1-11-6-12(2)17(13(3)7-11)18(19)14-4-5-15-9-20-10-16(15)8-14/h4-8,18H,9-10H2,1-3H3. The van der Waals surface area contributed by atoms with Gasteiger partial charge in [0.25, 0.3) is 0 Å². The third-order valence-electron chi connectivity index (χ3n) is 4.03. The fraction of sp³-hybridized carbons (Fsp3) is 0.333. The van der Waals surface area contributed by atoms with E-state index in [-0.39, 0.29) is 4.83 Å². The zero-order valence-electron chi connectivity index (χ0n) is 12.2. The van der Waals surface area contributed by atoms with Crippen molar-refractivity contribution >= 4 is 15.9 Å². The number of rotatable bonds is 2. The smallest absolute Gasteiger partial charge is 0.0725 e. The van der Waals surface area contributed by atoms with Crippen molar-refractivity contribution in [3.05, 3.63) is 69.3 Å². The van der Waals surface area contributed by atoms with E-state index in [0.29, 0.717) is 0 Å². The molecular formula is C18H19BrO. The number of ether oxygens (including phenoxy) is 1. The largest absolute Gasteiger partial charge is 0.372 e. The fourth-order valence-corrected chi connectivity index (χ4v) is 4.11. The van der Waals surface area contributed by atoms with Crippen LogP contribution in [0.2, 0.25) is 0 Å². The van der Waals surface area contributed by atoms with Gasteiger partial charge in [0, 0.05) is 0 Å². The van der Waals surface area contributed by atoms with Crippen LogP contribution in [0.4, 0.5) is 0 Å². The average Bonchev–Trinajstić information content (AvgIpc) is 2.84. The van der Waals surface area contributed by atoms with Crippen LogP contribution < -0.4 is 0 Å². The predicted octanol–water partition coefficient (Wildman–Crippen LogP) is 5.13. The Morgan fingerprint density at radius 3 is 2.30 bits per heavy atom. The molecule has 2 aromatic rings. The molecule has 0 saturated carbocycles. The molecule has 0 aromatic heterocycles. The molecule has 0 saturated heterocycles. The van der Waals surface area contributed by atoms with Crippen molar-refractivity contribution in [3.8, 4) is 0 Å². The van der Waals surface area contributed by atoms with Gasteiger partial charge in [0.15, 0.2) is 0 Å². The summed E-state index contributed by atoms with van der Waals surface area (Å²) < 4.78 is 5.50. The molecule has 1 aliphatic rings. The van der Waals surface area contributed by atoms with Gasteiger partial charge in [-0.2, -0.15) is 0 Å². The maximum atomic E-state index is 5.50. The van der Waals surface area contributed by atoms with Crippen molar-refractivity contribution in [2.24, 2.45) is 0 Å². The van der Waals surface area contributed by atoms with E-state index in [1.165, 1.54) is 38.9 Å². The lowest BCUT2D eigenvalue weighted by Crippen LogP contribution is -2.01. The van der Waals surface area contributed by atoms with Crippen LogP contribution in [0.25, 0.3) is 0 Å². The lowest BCUT2D eigenvalue weighted by atomic mass is 9.93. The van der Waals surface area contributed by atoms with E-state index in [9.17, 15) is 0 Å². The monoisotopic (exact) mass is 330 g/mol. The summed E-state index contributed by atoms with van der Waals surface area (Å²) in [5, 5.41) is 0. The SMILES string of the molecule is Cc1cc(C)c(C(Br)c2ccc3c(c2)COC3)c(C)c1. The van der Waals surface area contributed by atoms with Crippen LogP contribution in [0.1, 0.15) is 43.8 Å². The molecular weight excluding hydrogens is 312 g/mol. The number of alkyl halides is 1. The number of aryl methyl sites for hydroxylation is 3. The lowest BCUT2D eigenvalue weighted by molar-refractivity contribution is 0.134. The van der Waals surface area contributed by atoms with Gasteiger partial charge in [-0.1, -0.05) is 51.8 Å². The highest BCUT2D eigenvalue weighted by Crippen LogP contribution is 2.37. The normalized spacial score (nSPS) is 15.2. The van der Waals surface area contributed by atoms with Crippen molar-refractivity contribution in [1.82, 2.24) is 0 Å². The van der Waals surface area contributed by atoms with Crippen molar-refractivity contribution in [2.75, 3.05) is 0 Å². The summed E-state index contributed by atoms with van der Waals surface area (Å²) in [6.45, 7) is 8.04. The van der Waals surface area contributed by atoms with Crippen LogP contribution >= 0.6 is 15.9 Å². The summed E-state index contributed by atoms with van der Waals surface area (Å²) in [6, 6.07) is 11.2. The molecule has 1 aliphatic heterocycles. The molecule has 2 heteroatoms. The highest BCUT2D eigenvalue weighted by Gasteiger charge is 2.18. The third-order valence-corrected chi connectivity index (χ3v) is 5.02. The minimum atomic E-state index is 0.244. The van der Waals surface area contributed by atoms with Gasteiger partial charge in [-0.15, -0.1) is 0 Å². The first kappa shape index (κ1) is 13.8. The molecule has 1 unspecified atom stereocenters. The lowest BCUT2D eigenvalue weighted by Gasteiger charge is -2.18. The number of halogens is 1. The average molecular weight is 331 g/mol. The van der Waals surface area contributed by atoms with E-state index in [2.05, 4.69) is 67.0 Å². The zero-order chi connectivity index (χ0) is 14.3. The molecule has 3 rings (SSSR count). The van der Waals surface area contributed by atoms with Gasteiger partial charge in [0.2, 0.25) is 0 Å². The summed E-state index contributed by atoms with van der Waals surface area (Å²) in [4.78, 5) is 0.244. The first-order chi connectivity index (χ1) is 9.56. The minimum Gasteiger partial charge on any atom is -0.372 e. The van der Waals surface area contributed by atoms with E-state index in [1.54, 1.807) is 0 Å². The number of hydrogen-bond donors (Lipinski definition) is 0. The Kier molecular flexibility index (Phi) is 3.70. The molecule has 0 spiro atoms. The van der Waals surface area contributed by atoms with Gasteiger partial charge < -0.3 is 4.74 Å². The Morgan fingerprint density at radius 1 is 0.950 bits per heavy atom. The van der Waals surface area contributed by atoms with Crippen LogP contribution in [-0.4, -0.2) is 0 Å². The Bertz CT molecular complexity index is 637. The molecule has 0 fully saturated rings. The molecule has 0 amide bonds. The summed E-state index contributed by atoms with van der Waals surface area (Å²) in [5.41, 5.74) is 9.37. The molecule has 0 aliphatic carbocycles. The Balaban J connectivity index is 2.03. The maximum Gasteiger partial charge on any atom is 0.0725 e. The van der Waals surface area contributed by atoms with Crippen molar-refractivity contribution in [3.63, 3.8) is 0 Å². The topological polar surface area (TPSA) is 9.23 Å². The van der Waals surface area contributed by atoms with E-state index in [0.717, 1.165) is 13.2 Å². The highest BCUT2D eigenvalue weighted by atomic mass is 79.9.